The number of rotatable bonds is 4. The first-order chi connectivity index (χ1) is 14.6. The fourth-order valence-corrected chi connectivity index (χ4v) is 4.20. The molecule has 0 aliphatic heterocycles. The number of nitrogens with zero attached hydrogens (tertiary/aromatic N) is 3. The molecule has 0 atom stereocenters. The SMILES string of the molecule is C/C=C1/C=CC2=C(C1)C(=O)/C(=C\c1cc(C(C)(C)C)cc(N=[N+]=[N-])c1O[Si](C)C)C2=O. The molecule has 0 spiro atoms. The quantitative estimate of drug-likeness (QED) is 0.140. The topological polar surface area (TPSA) is 92.1 Å². The number of hydrogen-bond donors (Lipinski definition) is 0. The Bertz CT molecular complexity index is 1140. The molecule has 0 amide bonds. The molecule has 2 aliphatic carbocycles. The lowest BCUT2D eigenvalue weighted by Crippen LogP contribution is -2.15. The number of carbonyl (C=O) groups is 2. The van der Waals surface area contributed by atoms with Crippen LogP contribution in [-0.2, 0) is 15.0 Å². The molecule has 1 radical (unpaired) electrons. The van der Waals surface area contributed by atoms with Crippen LogP contribution in [0.25, 0.3) is 16.5 Å². The highest BCUT2D eigenvalue weighted by Crippen LogP contribution is 2.41. The summed E-state index contributed by atoms with van der Waals surface area (Å²) in [5.41, 5.74) is 12.8. The normalized spacial score (nSPS) is 18.8. The number of Topliss-reactive ketones (excluding diaryl/α,β-unsaturated/α-hetero) is 2. The van der Waals surface area contributed by atoms with Crippen molar-refractivity contribution in [1.82, 2.24) is 0 Å². The molecule has 3 rings (SSSR count). The molecule has 0 aromatic heterocycles. The molecule has 0 saturated heterocycles. The summed E-state index contributed by atoms with van der Waals surface area (Å²) in [6, 6.07) is 3.72. The van der Waals surface area contributed by atoms with Crippen molar-refractivity contribution in [2.45, 2.75) is 52.6 Å². The monoisotopic (exact) mass is 432 g/mol. The maximum absolute atomic E-state index is 13.1. The van der Waals surface area contributed by atoms with Gasteiger partial charge in [0.25, 0.3) is 9.04 Å². The van der Waals surface area contributed by atoms with Gasteiger partial charge >= 0.3 is 0 Å². The van der Waals surface area contributed by atoms with Crippen LogP contribution in [0.3, 0.4) is 0 Å². The van der Waals surface area contributed by atoms with Crippen molar-refractivity contribution in [3.63, 3.8) is 0 Å². The van der Waals surface area contributed by atoms with Gasteiger partial charge in [-0.15, -0.1) is 0 Å². The Morgan fingerprint density at radius 3 is 2.45 bits per heavy atom. The molecule has 2 aliphatic rings. The van der Waals surface area contributed by atoms with E-state index in [1.807, 2.05) is 65.1 Å². The third-order valence-electron chi connectivity index (χ3n) is 5.27. The molecular weight excluding hydrogens is 406 g/mol. The second kappa shape index (κ2) is 8.53. The van der Waals surface area contributed by atoms with Crippen LogP contribution >= 0.6 is 0 Å². The smallest absolute Gasteiger partial charge is 0.274 e. The fourth-order valence-electron chi connectivity index (χ4n) is 3.57. The number of benzene rings is 1. The standard InChI is InChI=1S/C24H26N3O3Si/c1-7-14-8-9-17-18(10-14)22(29)19(21(17)28)12-15-11-16(24(2,3)4)13-20(26-27-25)23(15)30-31(5)6/h7-9,11-13H,10H2,1-6H3/b14-7-,19-12-. The summed E-state index contributed by atoms with van der Waals surface area (Å²) in [6.45, 7) is 12.0. The highest BCUT2D eigenvalue weighted by molar-refractivity contribution is 6.49. The summed E-state index contributed by atoms with van der Waals surface area (Å²) in [7, 11) is -1.20. The molecule has 31 heavy (non-hydrogen) atoms. The van der Waals surface area contributed by atoms with Crippen LogP contribution in [0.15, 0.2) is 57.8 Å². The van der Waals surface area contributed by atoms with Crippen molar-refractivity contribution in [3.8, 4) is 5.75 Å². The van der Waals surface area contributed by atoms with Gasteiger partial charge in [0.2, 0.25) is 0 Å². The van der Waals surface area contributed by atoms with Crippen molar-refractivity contribution in [3.05, 3.63) is 74.2 Å². The first kappa shape index (κ1) is 22.5. The van der Waals surface area contributed by atoms with Crippen LogP contribution in [0.4, 0.5) is 5.69 Å². The summed E-state index contributed by atoms with van der Waals surface area (Å²) in [5.74, 6) is -0.116. The maximum atomic E-state index is 13.1. The average molecular weight is 433 g/mol. The van der Waals surface area contributed by atoms with Crippen molar-refractivity contribution in [2.24, 2.45) is 5.11 Å². The third kappa shape index (κ3) is 4.48. The summed E-state index contributed by atoms with van der Waals surface area (Å²) in [4.78, 5) is 29.1. The summed E-state index contributed by atoms with van der Waals surface area (Å²) < 4.78 is 6.06. The summed E-state index contributed by atoms with van der Waals surface area (Å²) in [6.07, 6.45) is 7.60. The number of azide groups is 1. The lowest BCUT2D eigenvalue weighted by molar-refractivity contribution is -0.115. The lowest BCUT2D eigenvalue weighted by Gasteiger charge is -2.23. The first-order valence-electron chi connectivity index (χ1n) is 10.2. The molecule has 0 unspecified atom stereocenters. The van der Waals surface area contributed by atoms with Gasteiger partial charge in [0, 0.05) is 28.0 Å². The molecule has 7 heteroatoms. The lowest BCUT2D eigenvalue weighted by atomic mass is 9.85. The Balaban J connectivity index is 2.20. The van der Waals surface area contributed by atoms with Gasteiger partial charge in [-0.05, 0) is 60.3 Å². The Hall–Kier alpha value is -3.15. The zero-order valence-electron chi connectivity index (χ0n) is 18.7. The van der Waals surface area contributed by atoms with Crippen LogP contribution < -0.4 is 4.43 Å². The minimum atomic E-state index is -1.20. The van der Waals surface area contributed by atoms with Crippen LogP contribution in [0.1, 0.15) is 45.2 Å². The van der Waals surface area contributed by atoms with E-state index in [0.717, 1.165) is 11.1 Å². The Labute approximate surface area is 184 Å². The predicted molar refractivity (Wildman–Crippen MR) is 125 cm³/mol. The van der Waals surface area contributed by atoms with Crippen molar-refractivity contribution < 1.29 is 14.0 Å². The average Bonchev–Trinajstić information content (AvgIpc) is 2.93. The van der Waals surface area contributed by atoms with Gasteiger partial charge < -0.3 is 4.43 Å². The molecular formula is C24H26N3O3Si. The minimum absolute atomic E-state index is 0.121. The van der Waals surface area contributed by atoms with E-state index in [2.05, 4.69) is 10.0 Å². The van der Waals surface area contributed by atoms with Crippen LogP contribution in [-0.4, -0.2) is 20.6 Å². The fraction of sp³-hybridized carbons (Fsp3) is 0.333. The second-order valence-corrected chi connectivity index (χ2v) is 10.9. The molecule has 0 bridgehead atoms. The third-order valence-corrected chi connectivity index (χ3v) is 5.88. The molecule has 0 heterocycles. The number of carbonyl (C=O) groups excluding carboxylic acids is 2. The number of ketones is 2. The molecule has 0 saturated carbocycles. The predicted octanol–water partition coefficient (Wildman–Crippen LogP) is 6.29. The van der Waals surface area contributed by atoms with Gasteiger partial charge in [-0.2, -0.15) is 0 Å². The van der Waals surface area contributed by atoms with Crippen LogP contribution in [0.5, 0.6) is 5.75 Å². The van der Waals surface area contributed by atoms with Crippen molar-refractivity contribution in [1.29, 1.82) is 0 Å². The van der Waals surface area contributed by atoms with Crippen LogP contribution in [0.2, 0.25) is 13.1 Å². The molecule has 0 fully saturated rings. The number of allylic oxidation sites excluding steroid dienone is 7. The van der Waals surface area contributed by atoms with E-state index in [9.17, 15) is 9.59 Å². The van der Waals surface area contributed by atoms with E-state index in [1.165, 1.54) is 0 Å². The highest BCUT2D eigenvalue weighted by Gasteiger charge is 2.36. The summed E-state index contributed by atoms with van der Waals surface area (Å²) in [5, 5.41) is 3.84. The zero-order chi connectivity index (χ0) is 22.9. The van der Waals surface area contributed by atoms with E-state index in [1.54, 1.807) is 12.2 Å². The Morgan fingerprint density at radius 1 is 1.16 bits per heavy atom. The van der Waals surface area contributed by atoms with Gasteiger partial charge in [0.1, 0.15) is 5.75 Å². The second-order valence-electron chi connectivity index (χ2n) is 8.85. The molecule has 6 nitrogen and oxygen atoms in total. The first-order valence-corrected chi connectivity index (χ1v) is 12.6. The zero-order valence-corrected chi connectivity index (χ0v) is 19.7. The van der Waals surface area contributed by atoms with Gasteiger partial charge in [-0.1, -0.05) is 44.1 Å². The van der Waals surface area contributed by atoms with Gasteiger partial charge in [0.05, 0.1) is 11.3 Å². The van der Waals surface area contributed by atoms with E-state index < -0.39 is 9.04 Å². The Morgan fingerprint density at radius 2 is 1.87 bits per heavy atom. The minimum Gasteiger partial charge on any atom is -0.542 e. The molecule has 159 valence electrons. The van der Waals surface area contributed by atoms with E-state index >= 15 is 0 Å². The molecule has 1 aromatic carbocycles. The maximum Gasteiger partial charge on any atom is 0.274 e. The number of hydrogen-bond acceptors (Lipinski definition) is 4. The van der Waals surface area contributed by atoms with E-state index in [4.69, 9.17) is 9.96 Å². The highest BCUT2D eigenvalue weighted by atomic mass is 28.3. The van der Waals surface area contributed by atoms with Crippen molar-refractivity contribution in [2.75, 3.05) is 0 Å². The molecule has 0 N–H and O–H groups in total. The summed E-state index contributed by atoms with van der Waals surface area (Å²) >= 11 is 0. The van der Waals surface area contributed by atoms with Crippen molar-refractivity contribution >= 4 is 32.4 Å². The van der Waals surface area contributed by atoms with E-state index in [-0.39, 0.29) is 22.6 Å². The van der Waals surface area contributed by atoms with Crippen LogP contribution in [0, 0.1) is 0 Å². The van der Waals surface area contributed by atoms with Gasteiger partial charge in [-0.3, -0.25) is 9.59 Å². The van der Waals surface area contributed by atoms with E-state index in [0.29, 0.717) is 34.6 Å². The molecule has 1 aromatic rings. The van der Waals surface area contributed by atoms with Gasteiger partial charge in [-0.25, -0.2) is 0 Å². The van der Waals surface area contributed by atoms with Gasteiger partial charge in [0.15, 0.2) is 11.6 Å². The largest absolute Gasteiger partial charge is 0.542 e. The Kier molecular flexibility index (Phi) is 6.20.